The van der Waals surface area contributed by atoms with Gasteiger partial charge in [-0.3, -0.25) is 37.3 Å². The van der Waals surface area contributed by atoms with Crippen LogP contribution in [0.4, 0.5) is 0 Å². The third-order valence-electron chi connectivity index (χ3n) is 14.6. The first kappa shape index (κ1) is 81.1. The van der Waals surface area contributed by atoms with Crippen LogP contribution in [-0.2, 0) is 65.4 Å². The van der Waals surface area contributed by atoms with Crippen molar-refractivity contribution in [3.63, 3.8) is 0 Å². The smallest absolute Gasteiger partial charge is 0.462 e. The van der Waals surface area contributed by atoms with Gasteiger partial charge in [0, 0.05) is 25.7 Å². The summed E-state index contributed by atoms with van der Waals surface area (Å²) >= 11 is 0. The highest BCUT2D eigenvalue weighted by Gasteiger charge is 2.30. The Kier molecular flexibility index (Phi) is 54.1. The molecule has 0 heterocycles. The minimum absolute atomic E-state index is 0.103. The van der Waals surface area contributed by atoms with Crippen molar-refractivity contribution >= 4 is 39.5 Å². The number of carbonyl (C=O) groups is 4. The maximum Gasteiger partial charge on any atom is 0.472 e. The van der Waals surface area contributed by atoms with Gasteiger partial charge in [-0.25, -0.2) is 9.13 Å². The second kappa shape index (κ2) is 55.4. The maximum atomic E-state index is 13.0. The standard InChI is InChI=1S/C64H124O17P2/c1-8-9-10-11-21-31-38-45-61(66)74-51-59(81-64(69)48-41-34-27-20-24-30-37-44-57(6)7)53-78-82(70,71)76-49-58(65)50-77-83(72,73)79-54-60(80-63(68)47-40-33-26-19-15-13-17-23-29-36-43-56(4)5)52-75-62(67)46-39-32-25-18-14-12-16-22-28-35-42-55(2)3/h55-60,65H,8-54H2,1-7H3,(H,70,71)(H,72,73)/t58-,59+,60+/m0/s1. The molecule has 0 saturated heterocycles. The fraction of sp³-hybridized carbons (Fsp3) is 0.938. The number of phosphoric ester groups is 2. The lowest BCUT2D eigenvalue weighted by Crippen LogP contribution is -2.30. The normalized spacial score (nSPS) is 14.4. The molecule has 0 aliphatic carbocycles. The van der Waals surface area contributed by atoms with Crippen LogP contribution >= 0.6 is 15.6 Å². The average Bonchev–Trinajstić information content (AvgIpc) is 3.44. The van der Waals surface area contributed by atoms with Gasteiger partial charge in [0.05, 0.1) is 26.4 Å². The molecule has 0 spiro atoms. The number of aliphatic hydroxyl groups excluding tert-OH is 1. The van der Waals surface area contributed by atoms with E-state index in [1.165, 1.54) is 109 Å². The molecule has 3 N–H and O–H groups in total. The fourth-order valence-corrected chi connectivity index (χ4v) is 11.1. The van der Waals surface area contributed by atoms with E-state index >= 15 is 0 Å². The second-order valence-electron chi connectivity index (χ2n) is 24.6. The number of carbonyl (C=O) groups excluding carboxylic acids is 4. The zero-order valence-electron chi connectivity index (χ0n) is 53.6. The number of ether oxygens (including phenoxy) is 4. The van der Waals surface area contributed by atoms with Gasteiger partial charge in [0.15, 0.2) is 12.2 Å². The Balaban J connectivity index is 5.22. The minimum Gasteiger partial charge on any atom is -0.462 e. The second-order valence-corrected chi connectivity index (χ2v) is 27.5. The summed E-state index contributed by atoms with van der Waals surface area (Å²) in [7, 11) is -9.88. The summed E-state index contributed by atoms with van der Waals surface area (Å²) in [5.41, 5.74) is 0. The molecular weight excluding hydrogens is 1100 g/mol. The average molecular weight is 1230 g/mol. The van der Waals surface area contributed by atoms with Gasteiger partial charge in [-0.15, -0.1) is 0 Å². The lowest BCUT2D eigenvalue weighted by atomic mass is 10.0. The van der Waals surface area contributed by atoms with Crippen LogP contribution < -0.4 is 0 Å². The molecule has 19 heteroatoms. The van der Waals surface area contributed by atoms with Crippen LogP contribution in [0.15, 0.2) is 0 Å². The Labute approximate surface area is 505 Å². The van der Waals surface area contributed by atoms with E-state index < -0.39 is 97.5 Å². The van der Waals surface area contributed by atoms with Gasteiger partial charge >= 0.3 is 39.5 Å². The summed E-state index contributed by atoms with van der Waals surface area (Å²) in [6.07, 6.45) is 36.4. The van der Waals surface area contributed by atoms with Gasteiger partial charge in [-0.1, -0.05) is 260 Å². The topological polar surface area (TPSA) is 237 Å². The van der Waals surface area contributed by atoms with E-state index in [2.05, 4.69) is 48.5 Å². The van der Waals surface area contributed by atoms with E-state index in [0.717, 1.165) is 115 Å². The molecule has 492 valence electrons. The van der Waals surface area contributed by atoms with E-state index in [-0.39, 0.29) is 25.7 Å². The predicted molar refractivity (Wildman–Crippen MR) is 331 cm³/mol. The molecular formula is C64H124O17P2. The molecule has 17 nitrogen and oxygen atoms in total. The lowest BCUT2D eigenvalue weighted by Gasteiger charge is -2.21. The Morgan fingerprint density at radius 2 is 0.554 bits per heavy atom. The zero-order chi connectivity index (χ0) is 61.7. The summed E-state index contributed by atoms with van der Waals surface area (Å²) in [5, 5.41) is 10.5. The van der Waals surface area contributed by atoms with Crippen LogP contribution in [0.25, 0.3) is 0 Å². The first-order valence-corrected chi connectivity index (χ1v) is 36.3. The number of hydrogen-bond donors (Lipinski definition) is 3. The molecule has 0 aromatic heterocycles. The minimum atomic E-state index is -4.95. The molecule has 2 unspecified atom stereocenters. The zero-order valence-corrected chi connectivity index (χ0v) is 55.4. The predicted octanol–water partition coefficient (Wildman–Crippen LogP) is 17.5. The van der Waals surface area contributed by atoms with Crippen LogP contribution in [0.3, 0.4) is 0 Å². The number of aliphatic hydroxyl groups is 1. The van der Waals surface area contributed by atoms with Crippen LogP contribution in [0.5, 0.6) is 0 Å². The van der Waals surface area contributed by atoms with Crippen molar-refractivity contribution in [1.29, 1.82) is 0 Å². The molecule has 0 saturated carbocycles. The Morgan fingerprint density at radius 1 is 0.325 bits per heavy atom. The van der Waals surface area contributed by atoms with E-state index in [4.69, 9.17) is 37.0 Å². The van der Waals surface area contributed by atoms with Gasteiger partial charge in [-0.05, 0) is 43.4 Å². The van der Waals surface area contributed by atoms with Crippen LogP contribution in [0, 0.1) is 17.8 Å². The van der Waals surface area contributed by atoms with E-state index in [9.17, 15) is 43.2 Å². The number of phosphoric acid groups is 2. The number of hydrogen-bond acceptors (Lipinski definition) is 15. The molecule has 0 fully saturated rings. The van der Waals surface area contributed by atoms with Crippen molar-refractivity contribution in [2.24, 2.45) is 17.8 Å². The van der Waals surface area contributed by atoms with Gasteiger partial charge in [-0.2, -0.15) is 0 Å². The monoisotopic (exact) mass is 1230 g/mol. The number of esters is 4. The lowest BCUT2D eigenvalue weighted by molar-refractivity contribution is -0.161. The van der Waals surface area contributed by atoms with Crippen LogP contribution in [-0.4, -0.2) is 96.7 Å². The molecule has 0 aromatic carbocycles. The summed E-state index contributed by atoms with van der Waals surface area (Å²) < 4.78 is 67.9. The highest BCUT2D eigenvalue weighted by Crippen LogP contribution is 2.45. The van der Waals surface area contributed by atoms with Crippen molar-refractivity contribution in [1.82, 2.24) is 0 Å². The Bertz CT molecular complexity index is 1650. The molecule has 5 atom stereocenters. The van der Waals surface area contributed by atoms with Crippen LogP contribution in [0.2, 0.25) is 0 Å². The molecule has 0 aliphatic rings. The number of unbranched alkanes of at least 4 members (excludes halogenated alkanes) is 30. The molecule has 0 bridgehead atoms. The van der Waals surface area contributed by atoms with E-state index in [1.807, 2.05) is 0 Å². The third-order valence-corrected chi connectivity index (χ3v) is 16.5. The molecule has 0 aromatic rings. The fourth-order valence-electron chi connectivity index (χ4n) is 9.48. The van der Waals surface area contributed by atoms with Gasteiger partial charge in [0.1, 0.15) is 19.3 Å². The molecule has 0 radical (unpaired) electrons. The maximum absolute atomic E-state index is 13.0. The highest BCUT2D eigenvalue weighted by atomic mass is 31.2. The summed E-state index contributed by atoms with van der Waals surface area (Å²) in [6.45, 7) is 11.7. The van der Waals surface area contributed by atoms with Gasteiger partial charge < -0.3 is 33.8 Å². The highest BCUT2D eigenvalue weighted by molar-refractivity contribution is 7.47. The SMILES string of the molecule is CCCCCCCCCC(=O)OC[C@H](COP(=O)(O)OC[C@H](O)COP(=O)(O)OC[C@@H](COC(=O)CCCCCCCCCCCCC(C)C)OC(=O)CCCCCCCCCCCCC(C)C)OC(=O)CCCCCCCCCC(C)C. The largest absolute Gasteiger partial charge is 0.472 e. The molecule has 0 aliphatic heterocycles. The Hall–Kier alpha value is -1.94. The first-order valence-electron chi connectivity index (χ1n) is 33.3. The van der Waals surface area contributed by atoms with Crippen molar-refractivity contribution in [2.45, 2.75) is 330 Å². The summed E-state index contributed by atoms with van der Waals surface area (Å²) in [4.78, 5) is 72.1. The molecule has 0 amide bonds. The third kappa shape index (κ3) is 58.8. The quantitative estimate of drug-likeness (QED) is 0.0222. The first-order chi connectivity index (χ1) is 39.7. The van der Waals surface area contributed by atoms with Crippen molar-refractivity contribution < 1.29 is 80.2 Å². The van der Waals surface area contributed by atoms with E-state index in [1.54, 1.807) is 0 Å². The Morgan fingerprint density at radius 3 is 0.819 bits per heavy atom. The van der Waals surface area contributed by atoms with Gasteiger partial charge in [0.2, 0.25) is 0 Å². The van der Waals surface area contributed by atoms with Crippen molar-refractivity contribution in [3.05, 3.63) is 0 Å². The summed E-state index contributed by atoms with van der Waals surface area (Å²) in [5.74, 6) is 0.0653. The molecule has 0 rings (SSSR count). The van der Waals surface area contributed by atoms with Crippen molar-refractivity contribution in [2.75, 3.05) is 39.6 Å². The summed E-state index contributed by atoms with van der Waals surface area (Å²) in [6, 6.07) is 0. The van der Waals surface area contributed by atoms with Gasteiger partial charge in [0.25, 0.3) is 0 Å². The van der Waals surface area contributed by atoms with E-state index in [0.29, 0.717) is 31.6 Å². The van der Waals surface area contributed by atoms with Crippen molar-refractivity contribution in [3.8, 4) is 0 Å². The number of rotatable bonds is 62. The van der Waals surface area contributed by atoms with Crippen LogP contribution in [0.1, 0.15) is 312 Å². The molecule has 83 heavy (non-hydrogen) atoms.